The van der Waals surface area contributed by atoms with Gasteiger partial charge in [0.05, 0.1) is 27.9 Å². The molecular weight excluding hydrogens is 510 g/mol. The van der Waals surface area contributed by atoms with E-state index in [0.717, 1.165) is 11.3 Å². The summed E-state index contributed by atoms with van der Waals surface area (Å²) in [4.78, 5) is 28.9. The molecule has 3 aromatic rings. The van der Waals surface area contributed by atoms with E-state index >= 15 is 0 Å². The third-order valence-electron chi connectivity index (χ3n) is 5.86. The third kappa shape index (κ3) is 4.81. The average Bonchev–Trinajstić information content (AvgIpc) is 3.55. The van der Waals surface area contributed by atoms with Crippen LogP contribution in [0.25, 0.3) is 20.8 Å². The zero-order valence-corrected chi connectivity index (χ0v) is 19.8. The lowest BCUT2D eigenvalue weighted by Gasteiger charge is -2.17. The van der Waals surface area contributed by atoms with Crippen LogP contribution in [0.3, 0.4) is 0 Å². The van der Waals surface area contributed by atoms with Gasteiger partial charge in [-0.1, -0.05) is 17.3 Å². The molecule has 0 aliphatic carbocycles. The second kappa shape index (κ2) is 8.97. The summed E-state index contributed by atoms with van der Waals surface area (Å²) in [6, 6.07) is 3.61. The number of alkyl halides is 4. The molecule has 2 fully saturated rings. The summed E-state index contributed by atoms with van der Waals surface area (Å²) in [5.41, 5.74) is -4.12. The molecule has 0 unspecified atom stereocenters. The van der Waals surface area contributed by atoms with Crippen molar-refractivity contribution in [2.75, 3.05) is 18.4 Å². The molecule has 5 rings (SSSR count). The Kier molecular flexibility index (Phi) is 6.11. The SMILES string of the molecule is CC(=O)N1C[C@H](F)[C@H](Nc2cccc3c(SC(F)(F)F)c(-c4noc([C@H]5CCC(=O)N5)n4)sc23)C1. The number of thiophene rings is 1. The lowest BCUT2D eigenvalue weighted by molar-refractivity contribution is -0.128. The number of hydrogen-bond donors (Lipinski definition) is 2. The van der Waals surface area contributed by atoms with Crippen LogP contribution in [-0.4, -0.2) is 57.7 Å². The van der Waals surface area contributed by atoms with Gasteiger partial charge in [0.15, 0.2) is 0 Å². The van der Waals surface area contributed by atoms with Crippen molar-refractivity contribution in [1.82, 2.24) is 20.4 Å². The number of likely N-dealkylation sites (tertiary alicyclic amines) is 1. The maximum Gasteiger partial charge on any atom is 0.446 e. The molecule has 0 bridgehead atoms. The predicted octanol–water partition coefficient (Wildman–Crippen LogP) is 4.50. The molecule has 1 aromatic carbocycles. The van der Waals surface area contributed by atoms with E-state index in [-0.39, 0.29) is 58.2 Å². The monoisotopic (exact) mass is 529 g/mol. The van der Waals surface area contributed by atoms with E-state index in [1.54, 1.807) is 18.2 Å². The predicted molar refractivity (Wildman–Crippen MR) is 122 cm³/mol. The normalized spacial score (nSPS) is 22.7. The van der Waals surface area contributed by atoms with Crippen molar-refractivity contribution in [3.63, 3.8) is 0 Å². The standard InChI is InChI=1S/C21H19F4N5O3S2/c1-9(31)30-7-11(22)14(8-30)26-12-4-2-3-10-16(12)34-18(17(10)35-21(23,24)25)19-28-20(33-29-19)13-5-6-15(32)27-13/h2-4,11,13-14,26H,5-8H2,1H3,(H,27,32)/t11-,13+,14+/m0/s1. The van der Waals surface area contributed by atoms with E-state index in [4.69, 9.17) is 4.52 Å². The first-order valence-corrected chi connectivity index (χ1v) is 12.3. The fourth-order valence-electron chi connectivity index (χ4n) is 4.20. The van der Waals surface area contributed by atoms with Crippen molar-refractivity contribution in [3.05, 3.63) is 24.1 Å². The number of amides is 2. The van der Waals surface area contributed by atoms with E-state index in [2.05, 4.69) is 20.8 Å². The molecule has 0 radical (unpaired) electrons. The summed E-state index contributed by atoms with van der Waals surface area (Å²) in [5, 5.41) is 9.96. The first-order chi connectivity index (χ1) is 16.6. The summed E-state index contributed by atoms with van der Waals surface area (Å²) in [5.74, 6) is -0.307. The minimum atomic E-state index is -4.57. The molecular formula is C21H19F4N5O3S2. The number of fused-ring (bicyclic) bond motifs is 1. The van der Waals surface area contributed by atoms with E-state index in [1.165, 1.54) is 11.8 Å². The van der Waals surface area contributed by atoms with Gasteiger partial charge in [0, 0.05) is 30.2 Å². The number of carbonyl (C=O) groups excluding carboxylic acids is 2. The number of anilines is 1. The summed E-state index contributed by atoms with van der Waals surface area (Å²) < 4.78 is 60.8. The number of carbonyl (C=O) groups is 2. The minimum Gasteiger partial charge on any atom is -0.376 e. The fraction of sp³-hybridized carbons (Fsp3) is 0.429. The van der Waals surface area contributed by atoms with Crippen LogP contribution in [0.15, 0.2) is 27.6 Å². The van der Waals surface area contributed by atoms with Crippen LogP contribution in [-0.2, 0) is 9.59 Å². The summed E-state index contributed by atoms with van der Waals surface area (Å²) in [6.45, 7) is 1.46. The first-order valence-electron chi connectivity index (χ1n) is 10.7. The van der Waals surface area contributed by atoms with E-state index in [0.29, 0.717) is 28.6 Å². The molecule has 4 heterocycles. The molecule has 2 aliphatic heterocycles. The van der Waals surface area contributed by atoms with Gasteiger partial charge in [0.25, 0.3) is 0 Å². The zero-order valence-electron chi connectivity index (χ0n) is 18.2. The number of nitrogens with zero attached hydrogens (tertiary/aromatic N) is 3. The Morgan fingerprint density at radius 2 is 2.14 bits per heavy atom. The van der Waals surface area contributed by atoms with Crippen molar-refractivity contribution in [1.29, 1.82) is 0 Å². The number of aromatic nitrogens is 2. The van der Waals surface area contributed by atoms with Crippen molar-refractivity contribution in [3.8, 4) is 10.7 Å². The van der Waals surface area contributed by atoms with Gasteiger partial charge in [0.1, 0.15) is 12.2 Å². The van der Waals surface area contributed by atoms with E-state index in [1.807, 2.05) is 0 Å². The molecule has 3 atom stereocenters. The zero-order chi connectivity index (χ0) is 24.9. The molecule has 0 saturated carbocycles. The Hall–Kier alpha value is -2.87. The average molecular weight is 530 g/mol. The molecule has 2 aliphatic rings. The highest BCUT2D eigenvalue weighted by Gasteiger charge is 2.37. The first kappa shape index (κ1) is 23.9. The molecule has 2 aromatic heterocycles. The molecule has 14 heteroatoms. The van der Waals surface area contributed by atoms with Crippen LogP contribution in [0.5, 0.6) is 0 Å². The Morgan fingerprint density at radius 3 is 2.80 bits per heavy atom. The maximum atomic E-state index is 14.6. The highest BCUT2D eigenvalue weighted by molar-refractivity contribution is 8.00. The highest BCUT2D eigenvalue weighted by atomic mass is 32.2. The number of halogens is 4. The van der Waals surface area contributed by atoms with Gasteiger partial charge >= 0.3 is 5.51 Å². The van der Waals surface area contributed by atoms with Crippen LogP contribution in [0.1, 0.15) is 31.7 Å². The fourth-order valence-corrected chi connectivity index (χ4v) is 6.31. The number of rotatable bonds is 5. The Bertz CT molecular complexity index is 1290. The maximum absolute atomic E-state index is 14.6. The van der Waals surface area contributed by atoms with E-state index < -0.39 is 23.8 Å². The second-order valence-electron chi connectivity index (χ2n) is 8.30. The number of benzene rings is 1. The van der Waals surface area contributed by atoms with Crippen molar-refractivity contribution >= 4 is 50.7 Å². The lowest BCUT2D eigenvalue weighted by Crippen LogP contribution is -2.30. The highest BCUT2D eigenvalue weighted by Crippen LogP contribution is 2.50. The molecule has 2 saturated heterocycles. The van der Waals surface area contributed by atoms with Gasteiger partial charge in [-0.05, 0) is 24.2 Å². The van der Waals surface area contributed by atoms with Crippen molar-refractivity contribution < 1.29 is 31.7 Å². The number of thioether (sulfide) groups is 1. The molecule has 0 spiro atoms. The molecule has 186 valence electrons. The molecule has 2 N–H and O–H groups in total. The van der Waals surface area contributed by atoms with Crippen molar-refractivity contribution in [2.45, 2.75) is 48.4 Å². The Labute approximate surface area is 204 Å². The van der Waals surface area contributed by atoms with Crippen LogP contribution in [0, 0.1) is 0 Å². The van der Waals surface area contributed by atoms with Crippen LogP contribution in [0.2, 0.25) is 0 Å². The van der Waals surface area contributed by atoms with Gasteiger partial charge in [-0.25, -0.2) is 4.39 Å². The number of nitrogens with one attached hydrogen (secondary N) is 2. The Balaban J connectivity index is 1.53. The molecule has 8 nitrogen and oxygen atoms in total. The number of hydrogen-bond acceptors (Lipinski definition) is 8. The smallest absolute Gasteiger partial charge is 0.376 e. The molecule has 2 amide bonds. The minimum absolute atomic E-state index is 0.0213. The largest absolute Gasteiger partial charge is 0.446 e. The third-order valence-corrected chi connectivity index (χ3v) is 8.08. The summed E-state index contributed by atoms with van der Waals surface area (Å²) in [7, 11) is 0. The Morgan fingerprint density at radius 1 is 1.34 bits per heavy atom. The quantitative estimate of drug-likeness (QED) is 0.371. The van der Waals surface area contributed by atoms with Crippen LogP contribution in [0.4, 0.5) is 23.2 Å². The summed E-state index contributed by atoms with van der Waals surface area (Å²) >= 11 is 0.755. The van der Waals surface area contributed by atoms with Gasteiger partial charge in [0.2, 0.25) is 23.5 Å². The van der Waals surface area contributed by atoms with Crippen LogP contribution < -0.4 is 10.6 Å². The lowest BCUT2D eigenvalue weighted by atomic mass is 10.2. The van der Waals surface area contributed by atoms with Gasteiger partial charge in [-0.2, -0.15) is 18.2 Å². The van der Waals surface area contributed by atoms with Gasteiger partial charge in [-0.3, -0.25) is 9.59 Å². The molecule has 35 heavy (non-hydrogen) atoms. The van der Waals surface area contributed by atoms with Gasteiger partial charge in [-0.15, -0.1) is 11.3 Å². The van der Waals surface area contributed by atoms with Gasteiger partial charge < -0.3 is 20.1 Å². The van der Waals surface area contributed by atoms with Crippen molar-refractivity contribution in [2.24, 2.45) is 0 Å². The summed E-state index contributed by atoms with van der Waals surface area (Å²) in [6.07, 6.45) is -0.569. The van der Waals surface area contributed by atoms with E-state index in [9.17, 15) is 27.2 Å². The second-order valence-corrected chi connectivity index (χ2v) is 10.4. The van der Waals surface area contributed by atoms with Crippen LogP contribution >= 0.6 is 23.1 Å². The topological polar surface area (TPSA) is 100 Å².